The van der Waals surface area contributed by atoms with Gasteiger partial charge in [0.1, 0.15) is 18.6 Å². The Morgan fingerprint density at radius 1 is 1.00 bits per heavy atom. The molecule has 1 aromatic rings. The normalized spacial score (nSPS) is 24.6. The molecule has 3 heteroatoms. The quantitative estimate of drug-likeness (QED) is 0.740. The van der Waals surface area contributed by atoms with Crippen molar-refractivity contribution in [2.75, 3.05) is 26.3 Å². The van der Waals surface area contributed by atoms with E-state index in [0.29, 0.717) is 5.54 Å². The third kappa shape index (κ3) is 2.48. The molecule has 0 aromatic heterocycles. The summed E-state index contributed by atoms with van der Waals surface area (Å²) in [5, 5.41) is 3.98. The van der Waals surface area contributed by atoms with Gasteiger partial charge in [-0.2, -0.15) is 0 Å². The van der Waals surface area contributed by atoms with Crippen molar-refractivity contribution in [1.29, 1.82) is 0 Å². The summed E-state index contributed by atoms with van der Waals surface area (Å²) in [6.07, 6.45) is 7.95. The fraction of sp³-hybridized carbons (Fsp3) is 0.611. The van der Waals surface area contributed by atoms with Crippen molar-refractivity contribution in [3.63, 3.8) is 0 Å². The molecule has 1 saturated heterocycles. The Labute approximate surface area is 127 Å². The predicted octanol–water partition coefficient (Wildman–Crippen LogP) is 2.32. The number of rotatable bonds is 0. The third-order valence-corrected chi connectivity index (χ3v) is 5.32. The number of nitrogens with zero attached hydrogens (tertiary/aromatic N) is 1. The molecular weight excluding hydrogens is 260 g/mol. The van der Waals surface area contributed by atoms with Crippen LogP contribution in [0.25, 0.3) is 0 Å². The number of nitrogens with one attached hydrogen (secondary N) is 1. The maximum atomic E-state index is 5.53. The van der Waals surface area contributed by atoms with E-state index in [0.717, 1.165) is 26.3 Å². The number of ether oxygens (including phenoxy) is 1. The first-order chi connectivity index (χ1) is 10.4. The van der Waals surface area contributed by atoms with Crippen LogP contribution in [0.1, 0.15) is 43.2 Å². The Morgan fingerprint density at radius 3 is 2.57 bits per heavy atom. The fourth-order valence-corrected chi connectivity index (χ4v) is 4.20. The molecule has 0 bridgehead atoms. The van der Waals surface area contributed by atoms with E-state index in [9.17, 15) is 0 Å². The van der Waals surface area contributed by atoms with E-state index in [1.807, 2.05) is 0 Å². The Hall–Kier alpha value is -1.35. The second-order valence-corrected chi connectivity index (χ2v) is 6.75. The molecule has 2 fully saturated rings. The summed E-state index contributed by atoms with van der Waals surface area (Å²) in [5.74, 6) is 1.36. The summed E-state index contributed by atoms with van der Waals surface area (Å²) < 4.78 is 8.03. The average Bonchev–Trinajstić information content (AvgIpc) is 2.56. The van der Waals surface area contributed by atoms with Gasteiger partial charge in [-0.1, -0.05) is 24.6 Å². The Kier molecular flexibility index (Phi) is 3.46. The highest BCUT2D eigenvalue weighted by Gasteiger charge is 2.43. The van der Waals surface area contributed by atoms with Crippen LogP contribution in [0.2, 0.25) is 0 Å². The van der Waals surface area contributed by atoms with Gasteiger partial charge in [0.15, 0.2) is 0 Å². The monoisotopic (exact) mass is 285 g/mol. The van der Waals surface area contributed by atoms with Gasteiger partial charge in [-0.25, -0.2) is 0 Å². The van der Waals surface area contributed by atoms with Crippen molar-refractivity contribution < 1.29 is 9.31 Å². The lowest BCUT2D eigenvalue weighted by atomic mass is 9.74. The first-order valence-electron chi connectivity index (χ1n) is 8.42. The van der Waals surface area contributed by atoms with Crippen LogP contribution in [0.5, 0.6) is 0 Å². The number of benzene rings is 1. The molecule has 0 amide bonds. The summed E-state index contributed by atoms with van der Waals surface area (Å²) in [6, 6.07) is 8.97. The maximum Gasteiger partial charge on any atom is 0.277 e. The van der Waals surface area contributed by atoms with Crippen LogP contribution < -0.4 is 5.32 Å². The zero-order valence-corrected chi connectivity index (χ0v) is 12.7. The van der Waals surface area contributed by atoms with Gasteiger partial charge in [0, 0.05) is 6.42 Å². The number of hydrogen-bond acceptors (Lipinski definition) is 1. The summed E-state index contributed by atoms with van der Waals surface area (Å²) in [5.41, 5.74) is 3.25. The Balaban J connectivity index is 1.77. The number of fused-ring (bicyclic) bond motifs is 1. The number of hydrogen-bond donors (Lipinski definition) is 1. The van der Waals surface area contributed by atoms with E-state index in [4.69, 9.17) is 4.74 Å². The van der Waals surface area contributed by atoms with Crippen LogP contribution in [0.3, 0.4) is 0 Å². The molecular formula is C18H25N2O+. The molecule has 0 radical (unpaired) electrons. The minimum absolute atomic E-state index is 0.306. The van der Waals surface area contributed by atoms with Crippen LogP contribution >= 0.6 is 0 Å². The van der Waals surface area contributed by atoms with Gasteiger partial charge in [0.2, 0.25) is 0 Å². The van der Waals surface area contributed by atoms with Gasteiger partial charge in [-0.3, -0.25) is 9.89 Å². The second-order valence-electron chi connectivity index (χ2n) is 6.75. The highest BCUT2D eigenvalue weighted by Crippen LogP contribution is 2.35. The number of morpholine rings is 1. The molecule has 1 spiro atoms. The molecule has 0 unspecified atom stereocenters. The van der Waals surface area contributed by atoms with Crippen LogP contribution in [-0.2, 0) is 11.2 Å². The lowest BCUT2D eigenvalue weighted by Gasteiger charge is -2.39. The van der Waals surface area contributed by atoms with Gasteiger partial charge >= 0.3 is 0 Å². The highest BCUT2D eigenvalue weighted by molar-refractivity contribution is 5.98. The van der Waals surface area contributed by atoms with Gasteiger partial charge in [0.05, 0.1) is 18.8 Å². The van der Waals surface area contributed by atoms with Crippen LogP contribution in [0.4, 0.5) is 0 Å². The molecule has 3 nitrogen and oxygen atoms in total. The molecule has 21 heavy (non-hydrogen) atoms. The largest absolute Gasteiger partial charge is 0.373 e. The molecule has 4 rings (SSSR count). The van der Waals surface area contributed by atoms with Gasteiger partial charge < -0.3 is 4.74 Å². The summed E-state index contributed by atoms with van der Waals surface area (Å²) in [7, 11) is 0. The van der Waals surface area contributed by atoms with Crippen molar-refractivity contribution in [2.24, 2.45) is 0 Å². The van der Waals surface area contributed by atoms with Crippen LogP contribution in [0.15, 0.2) is 24.3 Å². The van der Waals surface area contributed by atoms with E-state index in [2.05, 4.69) is 34.2 Å². The fourth-order valence-electron chi connectivity index (χ4n) is 4.20. The molecule has 0 atom stereocenters. The first-order valence-corrected chi connectivity index (χ1v) is 8.42. The zero-order chi connectivity index (χ0) is 14.1. The maximum absolute atomic E-state index is 5.53. The summed E-state index contributed by atoms with van der Waals surface area (Å²) >= 11 is 0. The molecule has 1 aromatic carbocycles. The summed E-state index contributed by atoms with van der Waals surface area (Å²) in [4.78, 5) is 0. The number of amidine groups is 1. The highest BCUT2D eigenvalue weighted by atomic mass is 16.5. The van der Waals surface area contributed by atoms with Crippen molar-refractivity contribution in [2.45, 2.75) is 44.1 Å². The zero-order valence-electron chi connectivity index (χ0n) is 12.7. The third-order valence-electron chi connectivity index (χ3n) is 5.32. The Morgan fingerprint density at radius 2 is 1.76 bits per heavy atom. The Bertz CT molecular complexity index is 550. The molecule has 3 aliphatic rings. The lowest BCUT2D eigenvalue weighted by molar-refractivity contribution is -0.551. The van der Waals surface area contributed by atoms with Gasteiger partial charge in [0.25, 0.3) is 5.84 Å². The van der Waals surface area contributed by atoms with Crippen molar-refractivity contribution in [1.82, 2.24) is 5.32 Å². The van der Waals surface area contributed by atoms with Gasteiger partial charge in [-0.15, -0.1) is 0 Å². The summed E-state index contributed by atoms with van der Waals surface area (Å²) in [6.45, 7) is 3.71. The van der Waals surface area contributed by atoms with Crippen molar-refractivity contribution in [3.05, 3.63) is 35.4 Å². The topological polar surface area (TPSA) is 24.3 Å². The molecule has 112 valence electrons. The van der Waals surface area contributed by atoms with Crippen LogP contribution in [-0.4, -0.2) is 42.3 Å². The molecule has 1 aliphatic carbocycles. The second kappa shape index (κ2) is 5.45. The van der Waals surface area contributed by atoms with Crippen molar-refractivity contribution in [3.8, 4) is 0 Å². The molecule has 1 N–H and O–H groups in total. The van der Waals surface area contributed by atoms with E-state index < -0.39 is 0 Å². The minimum Gasteiger partial charge on any atom is -0.373 e. The average molecular weight is 285 g/mol. The molecule has 1 saturated carbocycles. The molecule has 2 aliphatic heterocycles. The SMILES string of the molecule is c1ccc2c(c1)CC1(CCCCC1)NC2=[N+]1CCOCC1. The first kappa shape index (κ1) is 13.3. The van der Waals surface area contributed by atoms with Crippen molar-refractivity contribution >= 4 is 5.84 Å². The van der Waals surface area contributed by atoms with E-state index in [-0.39, 0.29) is 0 Å². The minimum atomic E-state index is 0.306. The van der Waals surface area contributed by atoms with E-state index in [1.54, 1.807) is 0 Å². The van der Waals surface area contributed by atoms with E-state index in [1.165, 1.54) is 55.5 Å². The van der Waals surface area contributed by atoms with E-state index >= 15 is 0 Å². The predicted molar refractivity (Wildman–Crippen MR) is 84.0 cm³/mol. The lowest BCUT2D eigenvalue weighted by Crippen LogP contribution is -2.58. The standard InChI is InChI=1S/C18H24N2O/c1-4-8-18(9-5-1)14-15-6-2-3-7-16(15)17(19-18)20-10-12-21-13-11-20/h2-3,6-7H,1,4-5,8-14H2/p+1. The van der Waals surface area contributed by atoms with Crippen LogP contribution in [0, 0.1) is 0 Å². The van der Waals surface area contributed by atoms with Gasteiger partial charge in [-0.05, 0) is 37.3 Å². The molecule has 2 heterocycles. The smallest absolute Gasteiger partial charge is 0.277 e.